The molecule has 1 amide bonds. The van der Waals surface area contributed by atoms with Crippen LogP contribution in [0.3, 0.4) is 0 Å². The molecule has 6 nitrogen and oxygen atoms in total. The second-order valence-electron chi connectivity index (χ2n) is 6.81. The van der Waals surface area contributed by atoms with Gasteiger partial charge in [-0.2, -0.15) is 0 Å². The molecule has 0 bridgehead atoms. The zero-order valence-electron chi connectivity index (χ0n) is 16.7. The van der Waals surface area contributed by atoms with E-state index in [4.69, 9.17) is 0 Å². The lowest BCUT2D eigenvalue weighted by atomic mass is 10.1. The highest BCUT2D eigenvalue weighted by molar-refractivity contribution is 7.89. The smallest absolute Gasteiger partial charge is 0.251 e. The normalized spacial score (nSPS) is 11.4. The summed E-state index contributed by atoms with van der Waals surface area (Å²) in [5.41, 5.74) is 2.46. The van der Waals surface area contributed by atoms with Crippen LogP contribution in [0.4, 0.5) is 5.69 Å². The Bertz CT molecular complexity index is 850. The number of anilines is 1. The molecule has 2 aromatic carbocycles. The van der Waals surface area contributed by atoms with Crippen LogP contribution >= 0.6 is 0 Å². The molecule has 0 fully saturated rings. The SMILES string of the molecule is CCN(c1ccc(C(=O)NCCS(=O)(=O)NCc2ccccc2)cc1)C(C)C. The summed E-state index contributed by atoms with van der Waals surface area (Å²) in [5.74, 6) is -0.446. The first-order valence-electron chi connectivity index (χ1n) is 9.48. The minimum Gasteiger partial charge on any atom is -0.369 e. The van der Waals surface area contributed by atoms with Crippen molar-refractivity contribution in [1.29, 1.82) is 0 Å². The monoisotopic (exact) mass is 403 g/mol. The van der Waals surface area contributed by atoms with Crippen LogP contribution in [0.25, 0.3) is 0 Å². The number of hydrogen-bond acceptors (Lipinski definition) is 4. The Morgan fingerprint density at radius 3 is 2.25 bits per heavy atom. The summed E-state index contributed by atoms with van der Waals surface area (Å²) >= 11 is 0. The number of hydrogen-bond donors (Lipinski definition) is 2. The summed E-state index contributed by atoms with van der Waals surface area (Å²) < 4.78 is 26.7. The van der Waals surface area contributed by atoms with E-state index in [1.807, 2.05) is 42.5 Å². The average molecular weight is 404 g/mol. The topological polar surface area (TPSA) is 78.5 Å². The zero-order valence-corrected chi connectivity index (χ0v) is 17.5. The van der Waals surface area contributed by atoms with E-state index in [0.717, 1.165) is 17.8 Å². The van der Waals surface area contributed by atoms with Gasteiger partial charge in [-0.1, -0.05) is 30.3 Å². The second kappa shape index (κ2) is 10.2. The molecule has 0 atom stereocenters. The van der Waals surface area contributed by atoms with E-state index in [1.165, 1.54) is 0 Å². The van der Waals surface area contributed by atoms with Crippen molar-refractivity contribution in [3.8, 4) is 0 Å². The van der Waals surface area contributed by atoms with Gasteiger partial charge in [0.05, 0.1) is 5.75 Å². The van der Waals surface area contributed by atoms with Gasteiger partial charge >= 0.3 is 0 Å². The molecule has 0 unspecified atom stereocenters. The first-order valence-corrected chi connectivity index (χ1v) is 11.1. The van der Waals surface area contributed by atoms with E-state index in [9.17, 15) is 13.2 Å². The van der Waals surface area contributed by atoms with Crippen LogP contribution in [0.1, 0.15) is 36.7 Å². The Labute approximate surface area is 168 Å². The van der Waals surface area contributed by atoms with Gasteiger partial charge in [-0.05, 0) is 50.6 Å². The molecule has 0 spiro atoms. The molecule has 0 radical (unpaired) electrons. The molecule has 2 N–H and O–H groups in total. The summed E-state index contributed by atoms with van der Waals surface area (Å²) in [4.78, 5) is 14.5. The maximum Gasteiger partial charge on any atom is 0.251 e. The van der Waals surface area contributed by atoms with Crippen LogP contribution in [0.5, 0.6) is 0 Å². The van der Waals surface area contributed by atoms with Crippen molar-refractivity contribution in [2.24, 2.45) is 0 Å². The van der Waals surface area contributed by atoms with Crippen LogP contribution in [0.15, 0.2) is 54.6 Å². The molecule has 7 heteroatoms. The van der Waals surface area contributed by atoms with E-state index < -0.39 is 10.0 Å². The van der Waals surface area contributed by atoms with Gasteiger partial charge in [0.2, 0.25) is 10.0 Å². The summed E-state index contributed by atoms with van der Waals surface area (Å²) in [6.07, 6.45) is 0. The fourth-order valence-electron chi connectivity index (χ4n) is 2.91. The molecule has 0 heterocycles. The number of sulfonamides is 1. The molecule has 2 rings (SSSR count). The predicted octanol–water partition coefficient (Wildman–Crippen LogP) is 2.77. The molecule has 0 aliphatic carbocycles. The molecule has 0 saturated carbocycles. The van der Waals surface area contributed by atoms with Crippen molar-refractivity contribution in [3.05, 3.63) is 65.7 Å². The Morgan fingerprint density at radius 2 is 1.68 bits per heavy atom. The summed E-state index contributed by atoms with van der Waals surface area (Å²) in [7, 11) is -3.46. The number of rotatable bonds is 10. The molecule has 0 aliphatic rings. The highest BCUT2D eigenvalue weighted by Gasteiger charge is 2.13. The second-order valence-corrected chi connectivity index (χ2v) is 8.73. The van der Waals surface area contributed by atoms with Gasteiger partial charge in [-0.15, -0.1) is 0 Å². The van der Waals surface area contributed by atoms with Crippen molar-refractivity contribution in [2.75, 3.05) is 23.7 Å². The van der Waals surface area contributed by atoms with Crippen molar-refractivity contribution >= 4 is 21.6 Å². The number of nitrogens with one attached hydrogen (secondary N) is 2. The largest absolute Gasteiger partial charge is 0.369 e. The molecule has 2 aromatic rings. The van der Waals surface area contributed by atoms with E-state index in [-0.39, 0.29) is 24.7 Å². The van der Waals surface area contributed by atoms with Gasteiger partial charge in [0.1, 0.15) is 0 Å². The van der Waals surface area contributed by atoms with Crippen LogP contribution in [-0.2, 0) is 16.6 Å². The van der Waals surface area contributed by atoms with Crippen LogP contribution in [0.2, 0.25) is 0 Å². The number of carbonyl (C=O) groups is 1. The maximum absolute atomic E-state index is 12.3. The quantitative estimate of drug-likeness (QED) is 0.639. The Morgan fingerprint density at radius 1 is 1.04 bits per heavy atom. The van der Waals surface area contributed by atoms with Gasteiger partial charge in [-0.3, -0.25) is 4.79 Å². The van der Waals surface area contributed by atoms with Gasteiger partial charge < -0.3 is 10.2 Å². The summed E-state index contributed by atoms with van der Waals surface area (Å²) in [6, 6.07) is 17.0. The highest BCUT2D eigenvalue weighted by Crippen LogP contribution is 2.17. The molecular weight excluding hydrogens is 374 g/mol. The number of amides is 1. The van der Waals surface area contributed by atoms with Gasteiger partial charge in [0.15, 0.2) is 0 Å². The standard InChI is InChI=1S/C21H29N3O3S/c1-4-24(17(2)3)20-12-10-19(11-13-20)21(25)22-14-15-28(26,27)23-16-18-8-6-5-7-9-18/h5-13,17,23H,4,14-16H2,1-3H3,(H,22,25). The lowest BCUT2D eigenvalue weighted by molar-refractivity contribution is 0.0956. The number of carbonyl (C=O) groups excluding carboxylic acids is 1. The third kappa shape index (κ3) is 6.65. The van der Waals surface area contributed by atoms with Crippen molar-refractivity contribution in [3.63, 3.8) is 0 Å². The van der Waals surface area contributed by atoms with E-state index in [2.05, 4.69) is 35.7 Å². The van der Waals surface area contributed by atoms with E-state index >= 15 is 0 Å². The minimum atomic E-state index is -3.46. The third-order valence-corrected chi connectivity index (χ3v) is 5.75. The zero-order chi connectivity index (χ0) is 20.6. The molecule has 0 aromatic heterocycles. The average Bonchev–Trinajstić information content (AvgIpc) is 2.68. The summed E-state index contributed by atoms with van der Waals surface area (Å²) in [6.45, 7) is 7.51. The number of benzene rings is 2. The fourth-order valence-corrected chi connectivity index (χ4v) is 3.81. The van der Waals surface area contributed by atoms with E-state index in [0.29, 0.717) is 11.6 Å². The van der Waals surface area contributed by atoms with Crippen LogP contribution < -0.4 is 14.9 Å². The molecular formula is C21H29N3O3S. The molecule has 28 heavy (non-hydrogen) atoms. The van der Waals surface area contributed by atoms with Gasteiger partial charge in [-0.25, -0.2) is 13.1 Å². The first-order chi connectivity index (χ1) is 13.3. The van der Waals surface area contributed by atoms with Crippen molar-refractivity contribution in [1.82, 2.24) is 10.0 Å². The summed E-state index contributed by atoms with van der Waals surface area (Å²) in [5, 5.41) is 2.67. The van der Waals surface area contributed by atoms with Gasteiger partial charge in [0, 0.05) is 36.9 Å². The first kappa shape index (κ1) is 21.9. The number of nitrogens with zero attached hydrogens (tertiary/aromatic N) is 1. The van der Waals surface area contributed by atoms with E-state index in [1.54, 1.807) is 12.1 Å². The Kier molecular flexibility index (Phi) is 8.02. The Hall–Kier alpha value is -2.38. The minimum absolute atomic E-state index is 0.0534. The lowest BCUT2D eigenvalue weighted by Gasteiger charge is -2.27. The maximum atomic E-state index is 12.3. The van der Waals surface area contributed by atoms with Gasteiger partial charge in [0.25, 0.3) is 5.91 Å². The third-order valence-electron chi connectivity index (χ3n) is 4.42. The fraction of sp³-hybridized carbons (Fsp3) is 0.381. The van der Waals surface area contributed by atoms with Crippen molar-refractivity contribution < 1.29 is 13.2 Å². The predicted molar refractivity (Wildman–Crippen MR) is 114 cm³/mol. The molecule has 152 valence electrons. The van der Waals surface area contributed by atoms with Crippen molar-refractivity contribution in [2.45, 2.75) is 33.4 Å². The van der Waals surface area contributed by atoms with Crippen LogP contribution in [0, 0.1) is 0 Å². The highest BCUT2D eigenvalue weighted by atomic mass is 32.2. The molecule has 0 aliphatic heterocycles. The molecule has 0 saturated heterocycles. The Balaban J connectivity index is 1.83. The van der Waals surface area contributed by atoms with Crippen LogP contribution in [-0.4, -0.2) is 39.2 Å². The lowest BCUT2D eigenvalue weighted by Crippen LogP contribution is -2.34.